The first kappa shape index (κ1) is 25.1. The van der Waals surface area contributed by atoms with E-state index in [-0.39, 0.29) is 30.9 Å². The van der Waals surface area contributed by atoms with Crippen LogP contribution in [0.1, 0.15) is 46.9 Å². The van der Waals surface area contributed by atoms with Gasteiger partial charge in [0.1, 0.15) is 6.61 Å². The van der Waals surface area contributed by atoms with Crippen LogP contribution in [-0.2, 0) is 14.1 Å². The Morgan fingerprint density at radius 2 is 1.73 bits per heavy atom. The van der Waals surface area contributed by atoms with Crippen molar-refractivity contribution in [3.05, 3.63) is 60.2 Å². The molecule has 0 aliphatic carbocycles. The van der Waals surface area contributed by atoms with Crippen LogP contribution in [0.2, 0.25) is 19.1 Å². The molecule has 1 saturated heterocycles. The molecule has 3 rings (SSSR count). The Morgan fingerprint density at radius 3 is 2.30 bits per heavy atom. The number of ether oxygens (including phenoxy) is 1. The number of amides is 2. The van der Waals surface area contributed by atoms with Gasteiger partial charge in [0, 0.05) is 19.6 Å². The zero-order chi connectivity index (χ0) is 24.1. The molecular formula is C25H34N2O5Si. The topological polar surface area (TPSA) is 76.1 Å². The van der Waals surface area contributed by atoms with E-state index in [1.165, 1.54) is 4.90 Å². The highest BCUT2D eigenvalue weighted by atomic mass is 28.4. The standard InChI is InChI=1S/C25H34N2O5Si/c1-5-18-31-24(30)25(2,19-33(3,4)32-26-15-10-11-16-26)14-8-9-17-27-22(28)20-12-6-7-13-21(20)23(27)29/h5-9,12-13H,1,10-11,14-19H2,2-4H3. The van der Waals surface area contributed by atoms with Crippen molar-refractivity contribution >= 4 is 26.1 Å². The maximum atomic E-state index is 13.0. The largest absolute Gasteiger partial charge is 0.461 e. The van der Waals surface area contributed by atoms with Gasteiger partial charge in [-0.1, -0.05) is 36.9 Å². The van der Waals surface area contributed by atoms with Crippen molar-refractivity contribution in [2.75, 3.05) is 26.2 Å². The van der Waals surface area contributed by atoms with Crippen LogP contribution in [0.3, 0.4) is 0 Å². The van der Waals surface area contributed by atoms with E-state index in [0.29, 0.717) is 23.6 Å². The van der Waals surface area contributed by atoms with Gasteiger partial charge >= 0.3 is 5.97 Å². The average Bonchev–Trinajstić information content (AvgIpc) is 3.36. The molecule has 0 radical (unpaired) electrons. The summed E-state index contributed by atoms with van der Waals surface area (Å²) in [7, 11) is -2.21. The van der Waals surface area contributed by atoms with E-state index in [2.05, 4.69) is 19.7 Å². The van der Waals surface area contributed by atoms with Gasteiger partial charge in [-0.25, -0.2) is 5.06 Å². The highest BCUT2D eigenvalue weighted by Crippen LogP contribution is 2.36. The SMILES string of the molecule is C=CCOC(=O)C(C)(CC=CCN1C(=O)c2ccccc2C1=O)C[Si](C)(C)ON1CCCC1. The molecular weight excluding hydrogens is 436 g/mol. The van der Waals surface area contributed by atoms with Crippen molar-refractivity contribution in [1.29, 1.82) is 0 Å². The lowest BCUT2D eigenvalue weighted by Gasteiger charge is -2.35. The summed E-state index contributed by atoms with van der Waals surface area (Å²) in [5.41, 5.74) is 0.0813. The van der Waals surface area contributed by atoms with Crippen LogP contribution in [0.4, 0.5) is 0 Å². The number of benzene rings is 1. The second kappa shape index (κ2) is 10.6. The summed E-state index contributed by atoms with van der Waals surface area (Å²) >= 11 is 0. The Labute approximate surface area is 197 Å². The molecule has 178 valence electrons. The second-order valence-electron chi connectivity index (χ2n) is 9.55. The van der Waals surface area contributed by atoms with E-state index in [9.17, 15) is 14.4 Å². The fourth-order valence-electron chi connectivity index (χ4n) is 4.57. The Kier molecular flexibility index (Phi) is 8.04. The first-order chi connectivity index (χ1) is 15.7. The number of hydrogen-bond acceptors (Lipinski definition) is 6. The van der Waals surface area contributed by atoms with Crippen LogP contribution in [-0.4, -0.2) is 62.3 Å². The first-order valence-electron chi connectivity index (χ1n) is 11.5. The van der Waals surface area contributed by atoms with E-state index in [0.717, 1.165) is 25.9 Å². The van der Waals surface area contributed by atoms with Gasteiger partial charge in [0.15, 0.2) is 0 Å². The third-order valence-electron chi connectivity index (χ3n) is 5.98. The van der Waals surface area contributed by atoms with Crippen LogP contribution >= 0.6 is 0 Å². The summed E-state index contributed by atoms with van der Waals surface area (Å²) in [5, 5.41) is 2.03. The summed E-state index contributed by atoms with van der Waals surface area (Å²) in [6, 6.07) is 7.42. The van der Waals surface area contributed by atoms with Crippen molar-refractivity contribution in [2.45, 2.75) is 45.3 Å². The molecule has 1 aromatic rings. The summed E-state index contributed by atoms with van der Waals surface area (Å²) in [6.07, 6.45) is 7.87. The zero-order valence-corrected chi connectivity index (χ0v) is 20.8. The van der Waals surface area contributed by atoms with E-state index in [4.69, 9.17) is 9.26 Å². The number of carbonyl (C=O) groups excluding carboxylic acids is 3. The van der Waals surface area contributed by atoms with Crippen molar-refractivity contribution in [3.63, 3.8) is 0 Å². The molecule has 8 heteroatoms. The molecule has 1 aromatic carbocycles. The van der Waals surface area contributed by atoms with Crippen molar-refractivity contribution < 1.29 is 23.6 Å². The number of nitrogens with zero attached hydrogens (tertiary/aromatic N) is 2. The summed E-state index contributed by atoms with van der Waals surface area (Å²) in [5.74, 6) is -0.875. The maximum absolute atomic E-state index is 13.0. The number of hydroxylamine groups is 2. The third kappa shape index (κ3) is 6.07. The molecule has 1 atom stereocenters. The average molecular weight is 471 g/mol. The number of imide groups is 1. The molecule has 1 unspecified atom stereocenters. The minimum absolute atomic E-state index is 0.155. The number of allylic oxidation sites excluding steroid dienone is 1. The van der Waals surface area contributed by atoms with Crippen LogP contribution in [0.25, 0.3) is 0 Å². The highest BCUT2D eigenvalue weighted by Gasteiger charge is 2.43. The monoisotopic (exact) mass is 470 g/mol. The molecule has 2 heterocycles. The fourth-order valence-corrected chi connectivity index (χ4v) is 7.68. The van der Waals surface area contributed by atoms with E-state index in [1.54, 1.807) is 36.4 Å². The van der Waals surface area contributed by atoms with Crippen molar-refractivity contribution in [3.8, 4) is 0 Å². The van der Waals surface area contributed by atoms with Gasteiger partial charge in [0.25, 0.3) is 11.8 Å². The van der Waals surface area contributed by atoms with Gasteiger partial charge in [-0.3, -0.25) is 19.3 Å². The molecule has 2 amide bonds. The molecule has 0 bridgehead atoms. The van der Waals surface area contributed by atoms with Crippen molar-refractivity contribution in [2.24, 2.45) is 5.41 Å². The van der Waals surface area contributed by atoms with Crippen LogP contribution in [0.15, 0.2) is 49.1 Å². The van der Waals surface area contributed by atoms with Crippen LogP contribution in [0.5, 0.6) is 0 Å². The van der Waals surface area contributed by atoms with E-state index in [1.807, 2.05) is 18.1 Å². The number of rotatable bonds is 11. The van der Waals surface area contributed by atoms with Crippen molar-refractivity contribution in [1.82, 2.24) is 9.96 Å². The van der Waals surface area contributed by atoms with Gasteiger partial charge in [-0.05, 0) is 57.5 Å². The molecule has 0 aromatic heterocycles. The highest BCUT2D eigenvalue weighted by molar-refractivity contribution is 6.71. The smallest absolute Gasteiger partial charge is 0.312 e. The Morgan fingerprint density at radius 1 is 1.12 bits per heavy atom. The molecule has 0 N–H and O–H groups in total. The van der Waals surface area contributed by atoms with Gasteiger partial charge in [-0.2, -0.15) is 0 Å². The molecule has 1 fully saturated rings. The maximum Gasteiger partial charge on any atom is 0.312 e. The lowest BCUT2D eigenvalue weighted by molar-refractivity contribution is -0.152. The summed E-state index contributed by atoms with van der Waals surface area (Å²) in [4.78, 5) is 39.3. The van der Waals surface area contributed by atoms with Gasteiger partial charge < -0.3 is 9.26 Å². The quantitative estimate of drug-likeness (QED) is 0.209. The Bertz CT molecular complexity index is 903. The molecule has 2 aliphatic rings. The Hall–Kier alpha value is -2.55. The molecule has 2 aliphatic heterocycles. The predicted molar refractivity (Wildman–Crippen MR) is 129 cm³/mol. The zero-order valence-electron chi connectivity index (χ0n) is 19.8. The minimum atomic E-state index is -2.21. The molecule has 0 spiro atoms. The molecule has 0 saturated carbocycles. The minimum Gasteiger partial charge on any atom is -0.461 e. The summed E-state index contributed by atoms with van der Waals surface area (Å²) in [6.45, 7) is 11.9. The van der Waals surface area contributed by atoms with Gasteiger partial charge in [0.05, 0.1) is 16.5 Å². The molecule has 7 nitrogen and oxygen atoms in total. The lowest BCUT2D eigenvalue weighted by atomic mass is 9.89. The van der Waals surface area contributed by atoms with E-state index >= 15 is 0 Å². The van der Waals surface area contributed by atoms with Crippen LogP contribution < -0.4 is 0 Å². The Balaban J connectivity index is 1.66. The normalized spacial score (nSPS) is 18.6. The number of hydrogen-bond donors (Lipinski definition) is 0. The number of carbonyl (C=O) groups is 3. The lowest BCUT2D eigenvalue weighted by Crippen LogP contribution is -2.45. The molecule has 33 heavy (non-hydrogen) atoms. The first-order valence-corrected chi connectivity index (χ1v) is 14.6. The number of esters is 1. The fraction of sp³-hybridized carbons (Fsp3) is 0.480. The summed E-state index contributed by atoms with van der Waals surface area (Å²) < 4.78 is 11.7. The predicted octanol–water partition coefficient (Wildman–Crippen LogP) is 4.20. The third-order valence-corrected chi connectivity index (χ3v) is 8.37. The van der Waals surface area contributed by atoms with E-state index < -0.39 is 13.7 Å². The number of fused-ring (bicyclic) bond motifs is 1. The van der Waals surface area contributed by atoms with Gasteiger partial charge in [-0.15, -0.1) is 0 Å². The van der Waals surface area contributed by atoms with Gasteiger partial charge in [0.2, 0.25) is 8.32 Å². The van der Waals surface area contributed by atoms with Crippen LogP contribution in [0, 0.1) is 5.41 Å². The second-order valence-corrected chi connectivity index (χ2v) is 13.6.